The monoisotopic (exact) mass is 383 g/mol. The third-order valence-corrected chi connectivity index (χ3v) is 5.55. The number of hydrogen-bond donors (Lipinski definition) is 4. The highest BCUT2D eigenvalue weighted by Gasteiger charge is 2.29. The first kappa shape index (κ1) is 18.4. The summed E-state index contributed by atoms with van der Waals surface area (Å²) in [6.07, 6.45) is 3.47. The van der Waals surface area contributed by atoms with Gasteiger partial charge in [-0.3, -0.25) is 9.59 Å². The molecule has 0 bridgehead atoms. The number of amides is 2. The van der Waals surface area contributed by atoms with E-state index in [1.807, 2.05) is 0 Å². The molecule has 0 radical (unpaired) electrons. The minimum atomic E-state index is -0.515. The zero-order valence-corrected chi connectivity index (χ0v) is 15.7. The van der Waals surface area contributed by atoms with Crippen molar-refractivity contribution in [1.82, 2.24) is 10.3 Å². The van der Waals surface area contributed by atoms with Gasteiger partial charge >= 0.3 is 0 Å². The average molecular weight is 383 g/mol. The molecule has 2 amide bonds. The Balaban J connectivity index is 1.67. The third-order valence-electron chi connectivity index (χ3n) is 5.55. The fraction of sp³-hybridized carbons (Fsp3) is 0.333. The Labute approximate surface area is 161 Å². The van der Waals surface area contributed by atoms with Crippen LogP contribution < -0.4 is 10.6 Å². The largest absolute Gasteiger partial charge is 0.391 e. The van der Waals surface area contributed by atoms with Gasteiger partial charge in [-0.25, -0.2) is 4.39 Å². The Bertz CT molecular complexity index is 1010. The van der Waals surface area contributed by atoms with Crippen LogP contribution in [0.4, 0.5) is 10.1 Å². The summed E-state index contributed by atoms with van der Waals surface area (Å²) in [4.78, 5) is 28.2. The number of H-pyrrole nitrogens is 1. The van der Waals surface area contributed by atoms with Gasteiger partial charge in [0.25, 0.3) is 11.8 Å². The number of rotatable bonds is 3. The summed E-state index contributed by atoms with van der Waals surface area (Å²) in [5.41, 5.74) is 3.90. The second-order valence-corrected chi connectivity index (χ2v) is 7.44. The topological polar surface area (TPSA) is 94.2 Å². The smallest absolute Gasteiger partial charge is 0.256 e. The van der Waals surface area contributed by atoms with Gasteiger partial charge in [0, 0.05) is 22.6 Å². The van der Waals surface area contributed by atoms with Crippen molar-refractivity contribution in [2.45, 2.75) is 45.3 Å². The number of aromatic nitrogens is 1. The summed E-state index contributed by atoms with van der Waals surface area (Å²) in [6.45, 7) is 3.59. The highest BCUT2D eigenvalue weighted by molar-refractivity contribution is 6.34. The standard InChI is InChI=1S/C21H22FN3O3/c1-10-17(9-14-13-8-12(22)6-7-15(13)24-20(14)27)23-11(2)19(10)21(28)25-16-4-3-5-18(16)26/h6-9,16,18,23,26H,3-5H2,1-2H3,(H,24,27)(H,25,28)/b14-9-/t16-,18-/m0/s1. The molecule has 1 aliphatic carbocycles. The van der Waals surface area contributed by atoms with Gasteiger partial charge in [0.15, 0.2) is 0 Å². The van der Waals surface area contributed by atoms with Crippen molar-refractivity contribution in [2.24, 2.45) is 0 Å². The van der Waals surface area contributed by atoms with Gasteiger partial charge in [-0.1, -0.05) is 0 Å². The number of aliphatic hydroxyl groups is 1. The second kappa shape index (κ2) is 6.91. The van der Waals surface area contributed by atoms with Gasteiger partial charge in [-0.15, -0.1) is 0 Å². The van der Waals surface area contributed by atoms with Crippen molar-refractivity contribution in [3.63, 3.8) is 0 Å². The molecule has 1 aromatic carbocycles. The van der Waals surface area contributed by atoms with E-state index in [4.69, 9.17) is 0 Å². The summed E-state index contributed by atoms with van der Waals surface area (Å²) in [5.74, 6) is -0.979. The number of carbonyl (C=O) groups is 2. The fourth-order valence-corrected chi connectivity index (χ4v) is 4.06. The van der Waals surface area contributed by atoms with Crippen molar-refractivity contribution in [1.29, 1.82) is 0 Å². The van der Waals surface area contributed by atoms with E-state index in [2.05, 4.69) is 15.6 Å². The zero-order valence-electron chi connectivity index (χ0n) is 15.7. The number of nitrogens with one attached hydrogen (secondary N) is 3. The van der Waals surface area contributed by atoms with Crippen LogP contribution in [-0.2, 0) is 4.79 Å². The molecule has 0 spiro atoms. The first-order valence-electron chi connectivity index (χ1n) is 9.36. The zero-order chi connectivity index (χ0) is 20.0. The number of hydrogen-bond acceptors (Lipinski definition) is 3. The van der Waals surface area contributed by atoms with Crippen LogP contribution in [0.3, 0.4) is 0 Å². The molecule has 7 heteroatoms. The molecule has 2 heterocycles. The SMILES string of the molecule is Cc1[nH]c(/C=C2\C(=O)Nc3ccc(F)cc32)c(C)c1C(=O)N[C@H]1CCC[C@@H]1O. The van der Waals surface area contributed by atoms with E-state index in [1.165, 1.54) is 18.2 Å². The Morgan fingerprint density at radius 2 is 2.11 bits per heavy atom. The van der Waals surface area contributed by atoms with Gasteiger partial charge in [0.05, 0.1) is 23.3 Å². The Kier molecular flexibility index (Phi) is 4.55. The van der Waals surface area contributed by atoms with E-state index in [0.717, 1.165) is 12.8 Å². The van der Waals surface area contributed by atoms with E-state index in [-0.39, 0.29) is 17.9 Å². The lowest BCUT2D eigenvalue weighted by Crippen LogP contribution is -2.40. The number of aliphatic hydroxyl groups excluding tert-OH is 1. The lowest BCUT2D eigenvalue weighted by molar-refractivity contribution is -0.110. The molecule has 0 saturated heterocycles. The van der Waals surface area contributed by atoms with Crippen LogP contribution in [0.5, 0.6) is 0 Å². The quantitative estimate of drug-likeness (QED) is 0.614. The Morgan fingerprint density at radius 1 is 1.32 bits per heavy atom. The maximum Gasteiger partial charge on any atom is 0.256 e. The van der Waals surface area contributed by atoms with E-state index in [0.29, 0.717) is 45.8 Å². The normalized spacial score (nSPS) is 22.4. The van der Waals surface area contributed by atoms with Crippen LogP contribution in [0, 0.1) is 19.7 Å². The summed E-state index contributed by atoms with van der Waals surface area (Å²) < 4.78 is 13.6. The lowest BCUT2D eigenvalue weighted by atomic mass is 10.0. The first-order valence-corrected chi connectivity index (χ1v) is 9.36. The van der Waals surface area contributed by atoms with E-state index in [9.17, 15) is 19.1 Å². The van der Waals surface area contributed by atoms with Gasteiger partial charge in [0.2, 0.25) is 0 Å². The molecule has 28 heavy (non-hydrogen) atoms. The van der Waals surface area contributed by atoms with Crippen LogP contribution in [0.25, 0.3) is 11.6 Å². The number of benzene rings is 1. The molecular formula is C21H22FN3O3. The molecule has 1 aromatic heterocycles. The number of aryl methyl sites for hydroxylation is 1. The van der Waals surface area contributed by atoms with Crippen LogP contribution >= 0.6 is 0 Å². The highest BCUT2D eigenvalue weighted by atomic mass is 19.1. The second-order valence-electron chi connectivity index (χ2n) is 7.44. The predicted octanol–water partition coefficient (Wildman–Crippen LogP) is 2.91. The molecular weight excluding hydrogens is 361 g/mol. The lowest BCUT2D eigenvalue weighted by Gasteiger charge is -2.16. The summed E-state index contributed by atoms with van der Waals surface area (Å²) in [7, 11) is 0. The van der Waals surface area contributed by atoms with E-state index >= 15 is 0 Å². The minimum absolute atomic E-state index is 0.238. The van der Waals surface area contributed by atoms with Crippen LogP contribution in [-0.4, -0.2) is 34.1 Å². The van der Waals surface area contributed by atoms with Crippen molar-refractivity contribution >= 4 is 29.2 Å². The molecule has 6 nitrogen and oxygen atoms in total. The highest BCUT2D eigenvalue weighted by Crippen LogP contribution is 2.34. The van der Waals surface area contributed by atoms with E-state index in [1.54, 1.807) is 19.9 Å². The molecule has 2 aromatic rings. The van der Waals surface area contributed by atoms with E-state index < -0.39 is 11.9 Å². The number of halogens is 1. The number of fused-ring (bicyclic) bond motifs is 1. The average Bonchev–Trinajstić information content (AvgIpc) is 3.26. The molecule has 146 valence electrons. The van der Waals surface area contributed by atoms with Crippen molar-refractivity contribution < 1.29 is 19.1 Å². The van der Waals surface area contributed by atoms with Gasteiger partial charge < -0.3 is 20.7 Å². The van der Waals surface area contributed by atoms with Gasteiger partial charge in [-0.2, -0.15) is 0 Å². The van der Waals surface area contributed by atoms with Gasteiger partial charge in [-0.05, 0) is 62.9 Å². The predicted molar refractivity (Wildman–Crippen MR) is 104 cm³/mol. The van der Waals surface area contributed by atoms with Crippen LogP contribution in [0.2, 0.25) is 0 Å². The maximum absolute atomic E-state index is 13.6. The van der Waals surface area contributed by atoms with Crippen LogP contribution in [0.1, 0.15) is 52.1 Å². The molecule has 2 atom stereocenters. The number of carbonyl (C=O) groups excluding carboxylic acids is 2. The van der Waals surface area contributed by atoms with Crippen LogP contribution in [0.15, 0.2) is 18.2 Å². The van der Waals surface area contributed by atoms with Crippen molar-refractivity contribution in [2.75, 3.05) is 5.32 Å². The maximum atomic E-state index is 13.6. The molecule has 1 fully saturated rings. The molecule has 4 N–H and O–H groups in total. The summed E-state index contributed by atoms with van der Waals surface area (Å²) in [5, 5.41) is 15.6. The number of aromatic amines is 1. The fourth-order valence-electron chi connectivity index (χ4n) is 4.06. The molecule has 4 rings (SSSR count). The van der Waals surface area contributed by atoms with Crippen molar-refractivity contribution in [3.8, 4) is 0 Å². The summed E-state index contributed by atoms with van der Waals surface area (Å²) >= 11 is 0. The van der Waals surface area contributed by atoms with Crippen molar-refractivity contribution in [3.05, 3.63) is 52.1 Å². The third kappa shape index (κ3) is 3.11. The molecule has 1 aliphatic heterocycles. The summed E-state index contributed by atoms with van der Waals surface area (Å²) in [6, 6.07) is 3.91. The Morgan fingerprint density at radius 3 is 2.82 bits per heavy atom. The molecule has 1 saturated carbocycles. The minimum Gasteiger partial charge on any atom is -0.391 e. The molecule has 0 unspecified atom stereocenters. The Hall–Kier alpha value is -2.93. The van der Waals surface area contributed by atoms with Gasteiger partial charge in [0.1, 0.15) is 5.82 Å². The first-order chi connectivity index (χ1) is 13.3. The molecule has 2 aliphatic rings. The number of anilines is 1.